The van der Waals surface area contributed by atoms with Gasteiger partial charge in [0, 0.05) is 36.8 Å². The van der Waals surface area contributed by atoms with E-state index in [9.17, 15) is 13.6 Å². The van der Waals surface area contributed by atoms with Crippen molar-refractivity contribution in [3.63, 3.8) is 0 Å². The number of hydrogen-bond donors (Lipinski definition) is 0. The molecule has 1 aliphatic rings. The molecule has 1 amide bonds. The molecule has 2 aromatic rings. The van der Waals surface area contributed by atoms with Crippen LogP contribution in [0.2, 0.25) is 0 Å². The highest BCUT2D eigenvalue weighted by molar-refractivity contribution is 6.30. The Balaban J connectivity index is 1.80. The lowest BCUT2D eigenvalue weighted by molar-refractivity contribution is -0.0760. The van der Waals surface area contributed by atoms with Crippen molar-refractivity contribution in [2.75, 3.05) is 25.6 Å². The smallest absolute Gasteiger partial charge is 0.295 e. The van der Waals surface area contributed by atoms with Gasteiger partial charge in [0.05, 0.1) is 24.9 Å². The van der Waals surface area contributed by atoms with Crippen LogP contribution in [0.25, 0.3) is 0 Å². The van der Waals surface area contributed by atoms with Crippen molar-refractivity contribution in [2.24, 2.45) is 0 Å². The fraction of sp³-hybridized carbons (Fsp3) is 0.286. The first kappa shape index (κ1) is 22.6. The highest BCUT2D eigenvalue weighted by atomic mass is 35.5. The van der Waals surface area contributed by atoms with Gasteiger partial charge in [-0.2, -0.15) is 0 Å². The molecular weight excluding hydrogens is 430 g/mol. The number of carbonyl (C=O) groups is 1. The standard InChI is InChI=1S/C21H21ClF2N4O3/c1-12-8-25-17(21(29)27(3)30-4)7-19(12)28-10-15(22)20(5-13(28)2)31-11-18-16(24)6-14(23)9-26-18/h5-9H,10-11H2,1-4H3. The number of pyridine rings is 2. The van der Waals surface area contributed by atoms with Gasteiger partial charge in [0.1, 0.15) is 29.6 Å². The second-order valence-electron chi connectivity index (χ2n) is 6.85. The summed E-state index contributed by atoms with van der Waals surface area (Å²) in [6.07, 6.45) is 4.23. The van der Waals surface area contributed by atoms with E-state index < -0.39 is 11.6 Å². The SMILES string of the molecule is CON(C)C(=O)c1cc(N2CC(Cl)=C(OCc3ncc(F)cc3F)C=C2C)c(C)cn1. The molecule has 3 heterocycles. The monoisotopic (exact) mass is 450 g/mol. The maximum atomic E-state index is 13.8. The molecule has 0 radical (unpaired) electrons. The van der Waals surface area contributed by atoms with Crippen LogP contribution in [0.3, 0.4) is 0 Å². The molecule has 0 saturated heterocycles. The lowest BCUT2D eigenvalue weighted by Crippen LogP contribution is -2.29. The molecule has 164 valence electrons. The van der Waals surface area contributed by atoms with Gasteiger partial charge in [-0.15, -0.1) is 0 Å². The van der Waals surface area contributed by atoms with E-state index in [4.69, 9.17) is 21.2 Å². The summed E-state index contributed by atoms with van der Waals surface area (Å²) in [5.41, 5.74) is 2.58. The van der Waals surface area contributed by atoms with Gasteiger partial charge >= 0.3 is 0 Å². The largest absolute Gasteiger partial charge is 0.486 e. The van der Waals surface area contributed by atoms with Gasteiger partial charge in [-0.3, -0.25) is 19.6 Å². The van der Waals surface area contributed by atoms with Crippen molar-refractivity contribution >= 4 is 23.2 Å². The normalized spacial score (nSPS) is 13.9. The van der Waals surface area contributed by atoms with Gasteiger partial charge < -0.3 is 9.64 Å². The number of halogens is 3. The Morgan fingerprint density at radius 2 is 2.00 bits per heavy atom. The zero-order chi connectivity index (χ0) is 22.7. The maximum absolute atomic E-state index is 13.8. The number of aromatic nitrogens is 2. The van der Waals surface area contributed by atoms with Crippen molar-refractivity contribution in [2.45, 2.75) is 20.5 Å². The average molecular weight is 451 g/mol. The Kier molecular flexibility index (Phi) is 6.87. The van der Waals surface area contributed by atoms with Crippen molar-refractivity contribution in [1.29, 1.82) is 0 Å². The minimum absolute atomic E-state index is 0.0257. The van der Waals surface area contributed by atoms with E-state index in [1.807, 2.05) is 18.7 Å². The van der Waals surface area contributed by atoms with Crippen molar-refractivity contribution in [1.82, 2.24) is 15.0 Å². The first-order chi connectivity index (χ1) is 14.7. The number of allylic oxidation sites excluding steroid dienone is 2. The molecule has 7 nitrogen and oxygen atoms in total. The Morgan fingerprint density at radius 3 is 2.68 bits per heavy atom. The van der Waals surface area contributed by atoms with E-state index in [0.717, 1.165) is 34.3 Å². The zero-order valence-corrected chi connectivity index (χ0v) is 18.2. The fourth-order valence-corrected chi connectivity index (χ4v) is 3.17. The summed E-state index contributed by atoms with van der Waals surface area (Å²) in [4.78, 5) is 27.1. The molecule has 31 heavy (non-hydrogen) atoms. The molecule has 10 heteroatoms. The van der Waals surface area contributed by atoms with E-state index in [1.54, 1.807) is 18.3 Å². The van der Waals surface area contributed by atoms with Crippen LogP contribution in [0.1, 0.15) is 28.7 Å². The number of nitrogens with zero attached hydrogens (tertiary/aromatic N) is 4. The van der Waals surface area contributed by atoms with Gasteiger partial charge in [0.15, 0.2) is 5.82 Å². The zero-order valence-electron chi connectivity index (χ0n) is 17.4. The predicted molar refractivity (Wildman–Crippen MR) is 111 cm³/mol. The molecular formula is C21H21ClF2N4O3. The third kappa shape index (κ3) is 5.00. The quantitative estimate of drug-likeness (QED) is 0.617. The molecule has 0 spiro atoms. The highest BCUT2D eigenvalue weighted by Crippen LogP contribution is 2.31. The molecule has 0 fully saturated rings. The minimum atomic E-state index is -0.791. The number of amides is 1. The second-order valence-corrected chi connectivity index (χ2v) is 7.31. The topological polar surface area (TPSA) is 67.8 Å². The van der Waals surface area contributed by atoms with Crippen LogP contribution in [-0.4, -0.2) is 41.6 Å². The van der Waals surface area contributed by atoms with E-state index in [2.05, 4.69) is 9.97 Å². The number of ether oxygens (including phenoxy) is 1. The van der Waals surface area contributed by atoms with Crippen LogP contribution in [0.4, 0.5) is 14.5 Å². The van der Waals surface area contributed by atoms with Crippen LogP contribution >= 0.6 is 11.6 Å². The van der Waals surface area contributed by atoms with Crippen LogP contribution in [0, 0.1) is 18.6 Å². The molecule has 0 atom stereocenters. The summed E-state index contributed by atoms with van der Waals surface area (Å²) in [5.74, 6) is -1.57. The number of hydrogen-bond acceptors (Lipinski definition) is 6. The van der Waals surface area contributed by atoms with Crippen LogP contribution < -0.4 is 4.90 Å². The molecule has 0 aromatic carbocycles. The first-order valence-electron chi connectivity index (χ1n) is 9.27. The van der Waals surface area contributed by atoms with E-state index in [1.165, 1.54) is 14.2 Å². The van der Waals surface area contributed by atoms with Crippen molar-refractivity contribution in [3.8, 4) is 0 Å². The fourth-order valence-electron chi connectivity index (χ4n) is 2.94. The summed E-state index contributed by atoms with van der Waals surface area (Å²) >= 11 is 6.43. The second kappa shape index (κ2) is 9.40. The number of hydroxylamine groups is 2. The molecule has 0 saturated carbocycles. The Labute approximate surface area is 183 Å². The predicted octanol–water partition coefficient (Wildman–Crippen LogP) is 4.09. The van der Waals surface area contributed by atoms with Gasteiger partial charge in [-0.25, -0.2) is 13.8 Å². The Morgan fingerprint density at radius 1 is 1.26 bits per heavy atom. The lowest BCUT2D eigenvalue weighted by Gasteiger charge is -2.31. The molecule has 3 rings (SSSR count). The van der Waals surface area contributed by atoms with Crippen LogP contribution in [0.5, 0.6) is 0 Å². The Hall–Kier alpha value is -3.04. The summed E-state index contributed by atoms with van der Waals surface area (Å²) in [6, 6.07) is 2.41. The third-order valence-corrected chi connectivity index (χ3v) is 5.03. The first-order valence-corrected chi connectivity index (χ1v) is 9.65. The maximum Gasteiger partial charge on any atom is 0.295 e. The van der Waals surface area contributed by atoms with E-state index >= 15 is 0 Å². The molecule has 0 unspecified atom stereocenters. The molecule has 2 aromatic heterocycles. The average Bonchev–Trinajstić information content (AvgIpc) is 2.74. The van der Waals surface area contributed by atoms with Gasteiger partial charge in [-0.1, -0.05) is 11.6 Å². The number of anilines is 1. The lowest BCUT2D eigenvalue weighted by atomic mass is 10.1. The summed E-state index contributed by atoms with van der Waals surface area (Å²) < 4.78 is 32.4. The van der Waals surface area contributed by atoms with Crippen LogP contribution in [0.15, 0.2) is 47.1 Å². The van der Waals surface area contributed by atoms with Crippen LogP contribution in [-0.2, 0) is 16.2 Å². The minimum Gasteiger partial charge on any atom is -0.486 e. The highest BCUT2D eigenvalue weighted by Gasteiger charge is 2.23. The molecule has 0 bridgehead atoms. The molecule has 1 aliphatic heterocycles. The van der Waals surface area contributed by atoms with Gasteiger partial charge in [0.25, 0.3) is 5.91 Å². The molecule has 0 N–H and O–H groups in total. The van der Waals surface area contributed by atoms with E-state index in [0.29, 0.717) is 10.8 Å². The summed E-state index contributed by atoms with van der Waals surface area (Å²) in [7, 11) is 2.89. The Bertz CT molecular complexity index is 1070. The van der Waals surface area contributed by atoms with Crippen molar-refractivity contribution < 1.29 is 23.1 Å². The van der Waals surface area contributed by atoms with Gasteiger partial charge in [-0.05, 0) is 25.5 Å². The van der Waals surface area contributed by atoms with Gasteiger partial charge in [0.2, 0.25) is 0 Å². The summed E-state index contributed by atoms with van der Waals surface area (Å²) in [6.45, 7) is 3.80. The molecule has 0 aliphatic carbocycles. The summed E-state index contributed by atoms with van der Waals surface area (Å²) in [5, 5.41) is 1.47. The number of rotatable bonds is 6. The van der Waals surface area contributed by atoms with Crippen molar-refractivity contribution in [3.05, 3.63) is 75.7 Å². The van der Waals surface area contributed by atoms with E-state index in [-0.39, 0.29) is 30.4 Å². The third-order valence-electron chi connectivity index (χ3n) is 4.72. The number of carbonyl (C=O) groups excluding carboxylic acids is 1. The number of aryl methyl sites for hydroxylation is 1.